The summed E-state index contributed by atoms with van der Waals surface area (Å²) in [4.78, 5) is 19.9. The quantitative estimate of drug-likeness (QED) is 0.182. The fourth-order valence-electron chi connectivity index (χ4n) is 8.99. The Kier molecular flexibility index (Phi) is 7.42. The highest BCUT2D eigenvalue weighted by molar-refractivity contribution is 5.92. The molecule has 0 amide bonds. The number of rotatable bonds is 4. The molecule has 0 fully saturated rings. The van der Waals surface area contributed by atoms with Crippen LogP contribution in [0.2, 0.25) is 0 Å². The highest BCUT2D eigenvalue weighted by Gasteiger charge is 2.46. The van der Waals surface area contributed by atoms with Gasteiger partial charge in [0.2, 0.25) is 0 Å². The zero-order chi connectivity index (χ0) is 37.1. The van der Waals surface area contributed by atoms with Crippen molar-refractivity contribution in [3.05, 3.63) is 227 Å². The first-order valence-corrected chi connectivity index (χ1v) is 19.1. The van der Waals surface area contributed by atoms with Crippen LogP contribution in [0.4, 0.5) is 0 Å². The van der Waals surface area contributed by atoms with E-state index < -0.39 is 5.41 Å². The van der Waals surface area contributed by atoms with E-state index >= 15 is 0 Å². The van der Waals surface area contributed by atoms with E-state index in [9.17, 15) is 0 Å². The Morgan fingerprint density at radius 3 is 1.86 bits per heavy atom. The van der Waals surface area contributed by atoms with Gasteiger partial charge in [0, 0.05) is 29.1 Å². The fourth-order valence-corrected chi connectivity index (χ4v) is 8.99. The molecule has 2 aliphatic rings. The van der Waals surface area contributed by atoms with Crippen molar-refractivity contribution in [2.24, 2.45) is 0 Å². The predicted octanol–water partition coefficient (Wildman–Crippen LogP) is 11.9. The molecule has 11 rings (SSSR count). The Hall–Kier alpha value is -7.30. The minimum absolute atomic E-state index is 0.579. The molecule has 0 saturated carbocycles. The van der Waals surface area contributed by atoms with Crippen LogP contribution in [0.3, 0.4) is 0 Å². The molecular formula is C52H34N4. The summed E-state index contributed by atoms with van der Waals surface area (Å²) in [6, 6.07) is 60.8. The Labute approximate surface area is 325 Å². The molecule has 0 N–H and O–H groups in total. The summed E-state index contributed by atoms with van der Waals surface area (Å²) in [6.45, 7) is 0. The minimum Gasteiger partial charge on any atom is -0.236 e. The van der Waals surface area contributed by atoms with E-state index in [-0.39, 0.29) is 0 Å². The van der Waals surface area contributed by atoms with E-state index in [1.807, 2.05) is 60.9 Å². The molecule has 0 saturated heterocycles. The van der Waals surface area contributed by atoms with Gasteiger partial charge in [-0.2, -0.15) is 0 Å². The SMILES string of the molecule is C1=Cc2ccc(-c3cc(-c4ccccc4)nc(-c4cnc(-c5ccccc5)nc4)n3)cc2C2(c3ccccc31)c1ccccc1Cc1c2ccc2ccccc12. The second-order valence-corrected chi connectivity index (χ2v) is 14.6. The molecule has 262 valence electrons. The molecule has 2 aromatic heterocycles. The van der Waals surface area contributed by atoms with Crippen molar-refractivity contribution in [3.8, 4) is 45.3 Å². The Bertz CT molecular complexity index is 2990. The monoisotopic (exact) mass is 714 g/mol. The van der Waals surface area contributed by atoms with Crippen LogP contribution in [0, 0.1) is 0 Å². The van der Waals surface area contributed by atoms with Gasteiger partial charge in [0.15, 0.2) is 11.6 Å². The molecule has 1 atom stereocenters. The molecular weight excluding hydrogens is 681 g/mol. The summed E-state index contributed by atoms with van der Waals surface area (Å²) in [7, 11) is 0. The lowest BCUT2D eigenvalue weighted by Gasteiger charge is -2.43. The van der Waals surface area contributed by atoms with Crippen molar-refractivity contribution in [2.75, 3.05) is 0 Å². The molecule has 56 heavy (non-hydrogen) atoms. The number of nitrogens with zero attached hydrogens (tertiary/aromatic N) is 4. The summed E-state index contributed by atoms with van der Waals surface area (Å²) < 4.78 is 0. The van der Waals surface area contributed by atoms with Gasteiger partial charge in [0.05, 0.1) is 22.4 Å². The van der Waals surface area contributed by atoms with Gasteiger partial charge in [0.25, 0.3) is 0 Å². The highest BCUT2D eigenvalue weighted by atomic mass is 14.9. The van der Waals surface area contributed by atoms with E-state index in [4.69, 9.17) is 19.9 Å². The van der Waals surface area contributed by atoms with Crippen molar-refractivity contribution < 1.29 is 0 Å². The van der Waals surface area contributed by atoms with E-state index in [0.717, 1.165) is 40.1 Å². The smallest absolute Gasteiger partial charge is 0.163 e. The average Bonchev–Trinajstić information content (AvgIpc) is 3.42. The van der Waals surface area contributed by atoms with E-state index in [2.05, 4.69) is 133 Å². The first-order chi connectivity index (χ1) is 27.7. The zero-order valence-corrected chi connectivity index (χ0v) is 30.5. The van der Waals surface area contributed by atoms with Crippen LogP contribution < -0.4 is 0 Å². The van der Waals surface area contributed by atoms with Crippen molar-refractivity contribution in [1.29, 1.82) is 0 Å². The Morgan fingerprint density at radius 2 is 1.05 bits per heavy atom. The Balaban J connectivity index is 1.17. The molecule has 2 heterocycles. The molecule has 4 heteroatoms. The van der Waals surface area contributed by atoms with Gasteiger partial charge in [-0.15, -0.1) is 0 Å². The summed E-state index contributed by atoms with van der Waals surface area (Å²) in [5, 5.41) is 2.57. The largest absolute Gasteiger partial charge is 0.236 e. The van der Waals surface area contributed by atoms with Crippen LogP contribution >= 0.6 is 0 Å². The fraction of sp³-hybridized carbons (Fsp3) is 0.0385. The number of hydrogen-bond donors (Lipinski definition) is 0. The van der Waals surface area contributed by atoms with E-state index in [1.165, 1.54) is 55.3 Å². The summed E-state index contributed by atoms with van der Waals surface area (Å²) in [5.74, 6) is 1.25. The van der Waals surface area contributed by atoms with Crippen LogP contribution in [0.5, 0.6) is 0 Å². The highest BCUT2D eigenvalue weighted by Crippen LogP contribution is 2.55. The molecule has 2 aliphatic carbocycles. The normalized spacial score (nSPS) is 15.1. The van der Waals surface area contributed by atoms with Crippen LogP contribution in [0.1, 0.15) is 44.5 Å². The third-order valence-corrected chi connectivity index (χ3v) is 11.5. The number of fused-ring (bicyclic) bond motifs is 10. The van der Waals surface area contributed by atoms with Gasteiger partial charge in [-0.1, -0.05) is 170 Å². The number of benzene rings is 7. The molecule has 1 spiro atoms. The summed E-state index contributed by atoms with van der Waals surface area (Å²) in [6.07, 6.45) is 9.11. The second kappa shape index (κ2) is 12.9. The maximum atomic E-state index is 5.27. The van der Waals surface area contributed by atoms with E-state index in [1.54, 1.807) is 0 Å². The van der Waals surface area contributed by atoms with Crippen LogP contribution in [-0.4, -0.2) is 19.9 Å². The predicted molar refractivity (Wildman–Crippen MR) is 227 cm³/mol. The average molecular weight is 715 g/mol. The molecule has 0 radical (unpaired) electrons. The van der Waals surface area contributed by atoms with Gasteiger partial charge >= 0.3 is 0 Å². The summed E-state index contributed by atoms with van der Waals surface area (Å²) in [5.41, 5.74) is 15.1. The summed E-state index contributed by atoms with van der Waals surface area (Å²) >= 11 is 0. The molecule has 0 bridgehead atoms. The number of hydrogen-bond acceptors (Lipinski definition) is 4. The Morgan fingerprint density at radius 1 is 0.411 bits per heavy atom. The van der Waals surface area contributed by atoms with Gasteiger partial charge in [0.1, 0.15) is 0 Å². The van der Waals surface area contributed by atoms with Crippen LogP contribution in [0.25, 0.3) is 68.2 Å². The van der Waals surface area contributed by atoms with Crippen LogP contribution in [-0.2, 0) is 11.8 Å². The maximum absolute atomic E-state index is 5.27. The third-order valence-electron chi connectivity index (χ3n) is 11.5. The van der Waals surface area contributed by atoms with Gasteiger partial charge < -0.3 is 0 Å². The van der Waals surface area contributed by atoms with Crippen molar-refractivity contribution in [2.45, 2.75) is 11.8 Å². The molecule has 0 aliphatic heterocycles. The van der Waals surface area contributed by atoms with Gasteiger partial charge in [-0.05, 0) is 73.8 Å². The third kappa shape index (κ3) is 5.07. The molecule has 7 aromatic carbocycles. The lowest BCUT2D eigenvalue weighted by atomic mass is 9.58. The first-order valence-electron chi connectivity index (χ1n) is 19.1. The lowest BCUT2D eigenvalue weighted by Crippen LogP contribution is -2.37. The topological polar surface area (TPSA) is 51.6 Å². The van der Waals surface area contributed by atoms with Crippen molar-refractivity contribution in [1.82, 2.24) is 19.9 Å². The molecule has 1 unspecified atom stereocenters. The van der Waals surface area contributed by atoms with Crippen LogP contribution in [0.15, 0.2) is 182 Å². The maximum Gasteiger partial charge on any atom is 0.163 e. The molecule has 4 nitrogen and oxygen atoms in total. The van der Waals surface area contributed by atoms with Gasteiger partial charge in [-0.3, -0.25) is 0 Å². The first kappa shape index (κ1) is 32.2. The van der Waals surface area contributed by atoms with Gasteiger partial charge in [-0.25, -0.2) is 19.9 Å². The lowest BCUT2D eigenvalue weighted by molar-refractivity contribution is 0.705. The second-order valence-electron chi connectivity index (χ2n) is 14.6. The molecule has 9 aromatic rings. The van der Waals surface area contributed by atoms with E-state index in [0.29, 0.717) is 11.6 Å². The zero-order valence-electron chi connectivity index (χ0n) is 30.5. The van der Waals surface area contributed by atoms with Crippen molar-refractivity contribution >= 4 is 22.9 Å². The van der Waals surface area contributed by atoms with Crippen molar-refractivity contribution in [3.63, 3.8) is 0 Å². The minimum atomic E-state index is -0.584. The standard InChI is InChI=1S/C52H34N4/c1-3-15-37(16-4-1)48-31-49(56-51(55-48)41-32-53-50(54-33-41)38-17-5-2-6-18-38)40-26-25-36-24-23-35-14-8-11-21-44(35)52(47(36)30-40)45-22-12-9-19-39(45)29-43-42-20-10-7-13-34(42)27-28-46(43)52/h1-28,30-33H,29H2. The number of aromatic nitrogens is 4.